The molecular formula is C15H22N4O3. The lowest BCUT2D eigenvalue weighted by atomic mass is 9.88. The Morgan fingerprint density at radius 3 is 2.73 bits per heavy atom. The highest BCUT2D eigenvalue weighted by atomic mass is 16.5. The van der Waals surface area contributed by atoms with Crippen LogP contribution in [-0.4, -0.2) is 52.8 Å². The van der Waals surface area contributed by atoms with Gasteiger partial charge in [-0.1, -0.05) is 31.2 Å². The van der Waals surface area contributed by atoms with Crippen LogP contribution in [0.25, 0.3) is 0 Å². The molecule has 1 saturated heterocycles. The Kier molecular flexibility index (Phi) is 4.01. The molecule has 0 radical (unpaired) electrons. The molecule has 2 bridgehead atoms. The van der Waals surface area contributed by atoms with Gasteiger partial charge in [-0.05, 0) is 0 Å². The minimum atomic E-state index is -0.295. The van der Waals surface area contributed by atoms with Gasteiger partial charge >= 0.3 is 0 Å². The largest absolute Gasteiger partial charge is 0.364 e. The molecule has 120 valence electrons. The average Bonchev–Trinajstić information content (AvgIpc) is 3.19. The lowest BCUT2D eigenvalue weighted by Crippen LogP contribution is -2.47. The van der Waals surface area contributed by atoms with Crippen LogP contribution in [0, 0.1) is 5.92 Å². The molecule has 0 aliphatic carbocycles. The van der Waals surface area contributed by atoms with Crippen LogP contribution in [-0.2, 0) is 16.0 Å². The second-order valence-corrected chi connectivity index (χ2v) is 6.27. The number of hydrogen-bond acceptors (Lipinski definition) is 6. The minimum Gasteiger partial charge on any atom is -0.364 e. The summed E-state index contributed by atoms with van der Waals surface area (Å²) in [5, 5.41) is 3.93. The SMILES string of the molecule is CC(C)c1nc(CCN(C)C(=O)[C@H]2[C@@H](N)[C@@H]3C=C[C@H]2O3)no1. The smallest absolute Gasteiger partial charge is 0.230 e. The molecule has 0 spiro atoms. The molecule has 2 aliphatic rings. The van der Waals surface area contributed by atoms with Gasteiger partial charge in [0.25, 0.3) is 0 Å². The zero-order chi connectivity index (χ0) is 15.9. The molecule has 3 heterocycles. The fourth-order valence-electron chi connectivity index (χ4n) is 2.88. The van der Waals surface area contributed by atoms with Gasteiger partial charge in [0.05, 0.1) is 18.1 Å². The van der Waals surface area contributed by atoms with E-state index in [1.54, 1.807) is 11.9 Å². The van der Waals surface area contributed by atoms with E-state index in [1.165, 1.54) is 0 Å². The van der Waals surface area contributed by atoms with Crippen LogP contribution in [0.2, 0.25) is 0 Å². The van der Waals surface area contributed by atoms with Gasteiger partial charge in [-0.3, -0.25) is 4.79 Å². The van der Waals surface area contributed by atoms with Crippen molar-refractivity contribution in [2.45, 2.75) is 44.4 Å². The first-order chi connectivity index (χ1) is 10.5. The van der Waals surface area contributed by atoms with Crippen LogP contribution in [0.15, 0.2) is 16.7 Å². The number of rotatable bonds is 5. The number of carbonyl (C=O) groups excluding carboxylic acids is 1. The summed E-state index contributed by atoms with van der Waals surface area (Å²) >= 11 is 0. The summed E-state index contributed by atoms with van der Waals surface area (Å²) in [4.78, 5) is 18.5. The topological polar surface area (TPSA) is 94.5 Å². The summed E-state index contributed by atoms with van der Waals surface area (Å²) in [6.07, 6.45) is 4.11. The lowest BCUT2D eigenvalue weighted by molar-refractivity contribution is -0.135. The van der Waals surface area contributed by atoms with Crippen LogP contribution in [0.1, 0.15) is 31.5 Å². The molecule has 22 heavy (non-hydrogen) atoms. The Bertz CT molecular complexity index is 583. The van der Waals surface area contributed by atoms with Crippen molar-refractivity contribution in [2.75, 3.05) is 13.6 Å². The first-order valence-electron chi connectivity index (χ1n) is 7.64. The van der Waals surface area contributed by atoms with Crippen molar-refractivity contribution in [1.29, 1.82) is 0 Å². The molecule has 0 saturated carbocycles. The molecule has 2 aliphatic heterocycles. The third-order valence-electron chi connectivity index (χ3n) is 4.26. The van der Waals surface area contributed by atoms with E-state index in [0.717, 1.165) is 0 Å². The van der Waals surface area contributed by atoms with Crippen LogP contribution in [0.3, 0.4) is 0 Å². The third-order valence-corrected chi connectivity index (χ3v) is 4.26. The van der Waals surface area contributed by atoms with Gasteiger partial charge in [0.1, 0.15) is 0 Å². The Morgan fingerprint density at radius 1 is 1.41 bits per heavy atom. The van der Waals surface area contributed by atoms with Gasteiger partial charge in [-0.2, -0.15) is 4.98 Å². The van der Waals surface area contributed by atoms with E-state index < -0.39 is 0 Å². The van der Waals surface area contributed by atoms with Gasteiger partial charge in [0, 0.05) is 32.0 Å². The van der Waals surface area contributed by atoms with Gasteiger partial charge in [0.15, 0.2) is 5.82 Å². The van der Waals surface area contributed by atoms with E-state index >= 15 is 0 Å². The van der Waals surface area contributed by atoms with Crippen LogP contribution in [0.5, 0.6) is 0 Å². The van der Waals surface area contributed by atoms with Crippen LogP contribution < -0.4 is 5.73 Å². The van der Waals surface area contributed by atoms with Gasteiger partial charge in [0.2, 0.25) is 11.8 Å². The number of ether oxygens (including phenoxy) is 1. The Hall–Kier alpha value is -1.73. The highest BCUT2D eigenvalue weighted by Gasteiger charge is 2.48. The number of nitrogens with zero attached hydrogens (tertiary/aromatic N) is 3. The molecule has 0 aromatic carbocycles. The van der Waals surface area contributed by atoms with E-state index in [4.69, 9.17) is 15.0 Å². The second-order valence-electron chi connectivity index (χ2n) is 6.27. The van der Waals surface area contributed by atoms with Crippen molar-refractivity contribution in [3.8, 4) is 0 Å². The first-order valence-corrected chi connectivity index (χ1v) is 7.64. The van der Waals surface area contributed by atoms with Gasteiger partial charge in [-0.15, -0.1) is 0 Å². The first kappa shape index (κ1) is 15.2. The van der Waals surface area contributed by atoms with Crippen LogP contribution >= 0.6 is 0 Å². The molecule has 1 fully saturated rings. The number of likely N-dealkylation sites (N-methyl/N-ethyl adjacent to an activating group) is 1. The normalized spacial score (nSPS) is 29.5. The zero-order valence-corrected chi connectivity index (χ0v) is 13.1. The molecule has 7 heteroatoms. The molecule has 7 nitrogen and oxygen atoms in total. The van der Waals surface area contributed by atoms with Crippen molar-refractivity contribution in [3.05, 3.63) is 23.9 Å². The summed E-state index contributed by atoms with van der Waals surface area (Å²) in [5.74, 6) is 1.17. The number of hydrogen-bond donors (Lipinski definition) is 1. The summed E-state index contributed by atoms with van der Waals surface area (Å²) in [6.45, 7) is 4.52. The van der Waals surface area contributed by atoms with Crippen molar-refractivity contribution >= 4 is 5.91 Å². The molecule has 3 rings (SSSR count). The number of aromatic nitrogens is 2. The fraction of sp³-hybridized carbons (Fsp3) is 0.667. The molecular weight excluding hydrogens is 284 g/mol. The summed E-state index contributed by atoms with van der Waals surface area (Å²) in [5.41, 5.74) is 6.08. The Balaban J connectivity index is 1.56. The molecule has 1 aromatic rings. The van der Waals surface area contributed by atoms with Crippen molar-refractivity contribution < 1.29 is 14.1 Å². The predicted octanol–water partition coefficient (Wildman–Crippen LogP) is 0.475. The fourth-order valence-corrected chi connectivity index (χ4v) is 2.88. The van der Waals surface area contributed by atoms with Crippen molar-refractivity contribution in [2.24, 2.45) is 11.7 Å². The van der Waals surface area contributed by atoms with Crippen LogP contribution in [0.4, 0.5) is 0 Å². The molecule has 4 atom stereocenters. The third kappa shape index (κ3) is 2.66. The number of carbonyl (C=O) groups is 1. The van der Waals surface area contributed by atoms with E-state index in [-0.39, 0.29) is 36.0 Å². The molecule has 2 N–H and O–H groups in total. The molecule has 0 unspecified atom stereocenters. The summed E-state index contributed by atoms with van der Waals surface area (Å²) in [7, 11) is 1.77. The second kappa shape index (κ2) is 5.81. The minimum absolute atomic E-state index is 0.0110. The number of amides is 1. The molecule has 1 aromatic heterocycles. The van der Waals surface area contributed by atoms with Gasteiger partial charge in [-0.25, -0.2) is 0 Å². The average molecular weight is 306 g/mol. The highest BCUT2D eigenvalue weighted by Crippen LogP contribution is 2.33. The number of nitrogens with two attached hydrogens (primary N) is 1. The highest BCUT2D eigenvalue weighted by molar-refractivity contribution is 5.81. The molecule has 1 amide bonds. The van der Waals surface area contributed by atoms with Crippen molar-refractivity contribution in [3.63, 3.8) is 0 Å². The predicted molar refractivity (Wildman–Crippen MR) is 79.0 cm³/mol. The maximum absolute atomic E-state index is 12.5. The standard InChI is InChI=1S/C15H22N4O3/c1-8(2)14-17-11(18-22-14)6-7-19(3)15(20)12-9-4-5-10(21-9)13(12)16/h4-5,8-10,12-13H,6-7,16H2,1-3H3/t9-,10+,12-,13+/m1/s1. The summed E-state index contributed by atoms with van der Waals surface area (Å²) in [6, 6.07) is -0.261. The maximum Gasteiger partial charge on any atom is 0.230 e. The van der Waals surface area contributed by atoms with E-state index in [0.29, 0.717) is 24.7 Å². The van der Waals surface area contributed by atoms with Crippen molar-refractivity contribution in [1.82, 2.24) is 15.0 Å². The van der Waals surface area contributed by atoms with E-state index in [9.17, 15) is 4.79 Å². The lowest BCUT2D eigenvalue weighted by Gasteiger charge is -2.26. The monoisotopic (exact) mass is 306 g/mol. The summed E-state index contributed by atoms with van der Waals surface area (Å²) < 4.78 is 10.8. The quantitative estimate of drug-likeness (QED) is 0.795. The van der Waals surface area contributed by atoms with Gasteiger partial charge < -0.3 is 19.9 Å². The number of fused-ring (bicyclic) bond motifs is 2. The van der Waals surface area contributed by atoms with E-state index in [2.05, 4.69) is 10.1 Å². The van der Waals surface area contributed by atoms with E-state index in [1.807, 2.05) is 26.0 Å². The maximum atomic E-state index is 12.5. The Labute approximate surface area is 129 Å². The zero-order valence-electron chi connectivity index (χ0n) is 13.1. The Morgan fingerprint density at radius 2 is 2.14 bits per heavy atom.